The number of likely N-dealkylation sites (N-methyl/N-ethyl adjacent to an activating group) is 1. The van der Waals surface area contributed by atoms with E-state index in [4.69, 9.17) is 4.74 Å². The third-order valence-corrected chi connectivity index (χ3v) is 8.44. The summed E-state index contributed by atoms with van der Waals surface area (Å²) in [4.78, 5) is 19.2. The summed E-state index contributed by atoms with van der Waals surface area (Å²) in [5, 5.41) is 9.83. The SMILES string of the molecule is C[C@H](CO)N1C[C@H](C)[C@@H](CN(C)S(=O)(=O)c2cccc(F)c2)Oc2ncc(-c3cccc(F)c3)cc2C1=O. The van der Waals surface area contributed by atoms with Gasteiger partial charge in [-0.15, -0.1) is 0 Å². The van der Waals surface area contributed by atoms with Crippen LogP contribution in [0.5, 0.6) is 5.88 Å². The number of aliphatic hydroxyl groups excluding tert-OH is 1. The van der Waals surface area contributed by atoms with E-state index < -0.39 is 39.7 Å². The molecule has 11 heteroatoms. The van der Waals surface area contributed by atoms with Crippen molar-refractivity contribution < 1.29 is 31.8 Å². The van der Waals surface area contributed by atoms with Crippen LogP contribution >= 0.6 is 0 Å². The van der Waals surface area contributed by atoms with Crippen LogP contribution in [0.2, 0.25) is 0 Å². The van der Waals surface area contributed by atoms with Gasteiger partial charge >= 0.3 is 0 Å². The van der Waals surface area contributed by atoms with E-state index in [2.05, 4.69) is 4.98 Å². The van der Waals surface area contributed by atoms with Crippen LogP contribution in [-0.2, 0) is 10.0 Å². The number of aliphatic hydroxyl groups is 1. The molecule has 202 valence electrons. The van der Waals surface area contributed by atoms with Gasteiger partial charge in [0.25, 0.3) is 5.91 Å². The van der Waals surface area contributed by atoms with Gasteiger partial charge in [0, 0.05) is 31.3 Å². The zero-order valence-electron chi connectivity index (χ0n) is 21.2. The highest BCUT2D eigenvalue weighted by molar-refractivity contribution is 7.89. The Kier molecular flexibility index (Phi) is 8.10. The molecule has 1 aliphatic rings. The highest BCUT2D eigenvalue weighted by Crippen LogP contribution is 2.31. The van der Waals surface area contributed by atoms with Gasteiger partial charge in [0.1, 0.15) is 23.3 Å². The third-order valence-electron chi connectivity index (χ3n) is 6.62. The molecule has 0 spiro atoms. The molecule has 4 rings (SSSR count). The van der Waals surface area contributed by atoms with E-state index in [0.717, 1.165) is 16.4 Å². The number of carbonyl (C=O) groups is 1. The predicted octanol–water partition coefficient (Wildman–Crippen LogP) is 3.57. The van der Waals surface area contributed by atoms with Crippen LogP contribution in [0.3, 0.4) is 0 Å². The van der Waals surface area contributed by atoms with Crippen LogP contribution in [0, 0.1) is 17.6 Å². The molecule has 0 saturated carbocycles. The second-order valence-electron chi connectivity index (χ2n) is 9.45. The quantitative estimate of drug-likeness (QED) is 0.487. The Morgan fingerprint density at radius 2 is 1.82 bits per heavy atom. The molecule has 2 heterocycles. The summed E-state index contributed by atoms with van der Waals surface area (Å²) >= 11 is 0. The van der Waals surface area contributed by atoms with Crippen molar-refractivity contribution in [1.82, 2.24) is 14.2 Å². The van der Waals surface area contributed by atoms with E-state index in [1.807, 2.05) is 6.92 Å². The lowest BCUT2D eigenvalue weighted by Gasteiger charge is -2.37. The molecule has 1 N–H and O–H groups in total. The Labute approximate surface area is 220 Å². The Morgan fingerprint density at radius 3 is 2.47 bits per heavy atom. The summed E-state index contributed by atoms with van der Waals surface area (Å²) in [5.41, 5.74) is 1.12. The van der Waals surface area contributed by atoms with Gasteiger partial charge in [0.15, 0.2) is 0 Å². The fourth-order valence-corrected chi connectivity index (χ4v) is 5.52. The molecule has 3 aromatic rings. The number of pyridine rings is 1. The van der Waals surface area contributed by atoms with Gasteiger partial charge in [-0.2, -0.15) is 4.31 Å². The molecule has 0 radical (unpaired) electrons. The zero-order valence-corrected chi connectivity index (χ0v) is 22.0. The Bertz CT molecular complexity index is 1440. The van der Waals surface area contributed by atoms with E-state index in [1.54, 1.807) is 25.1 Å². The summed E-state index contributed by atoms with van der Waals surface area (Å²) in [7, 11) is -2.67. The van der Waals surface area contributed by atoms with Crippen molar-refractivity contribution in [3.05, 3.63) is 78.0 Å². The molecule has 2 aromatic carbocycles. The number of halogens is 2. The zero-order chi connectivity index (χ0) is 27.6. The van der Waals surface area contributed by atoms with E-state index in [0.29, 0.717) is 11.1 Å². The largest absolute Gasteiger partial charge is 0.472 e. The Hall–Kier alpha value is -3.41. The van der Waals surface area contributed by atoms with Gasteiger partial charge in [-0.05, 0) is 48.9 Å². The average Bonchev–Trinajstić information content (AvgIpc) is 2.89. The van der Waals surface area contributed by atoms with Crippen LogP contribution in [-0.4, -0.2) is 72.5 Å². The van der Waals surface area contributed by atoms with Gasteiger partial charge in [0.05, 0.1) is 24.1 Å². The van der Waals surface area contributed by atoms with Gasteiger partial charge in [0.2, 0.25) is 15.9 Å². The first-order chi connectivity index (χ1) is 18.0. The molecule has 0 fully saturated rings. The van der Waals surface area contributed by atoms with Crippen LogP contribution in [0.1, 0.15) is 24.2 Å². The molecule has 3 atom stereocenters. The maximum absolute atomic E-state index is 13.8. The first-order valence-electron chi connectivity index (χ1n) is 12.1. The summed E-state index contributed by atoms with van der Waals surface area (Å²) in [6.07, 6.45) is 0.716. The number of benzene rings is 2. The number of hydrogen-bond acceptors (Lipinski definition) is 6. The van der Waals surface area contributed by atoms with E-state index in [9.17, 15) is 27.1 Å². The van der Waals surface area contributed by atoms with Crippen LogP contribution in [0.15, 0.2) is 65.7 Å². The maximum Gasteiger partial charge on any atom is 0.259 e. The smallest absolute Gasteiger partial charge is 0.259 e. The minimum Gasteiger partial charge on any atom is -0.472 e. The number of fused-ring (bicyclic) bond motifs is 1. The minimum atomic E-state index is -4.04. The number of nitrogens with zero attached hydrogens (tertiary/aromatic N) is 3. The molecule has 0 saturated heterocycles. The van der Waals surface area contributed by atoms with Crippen molar-refractivity contribution in [3.63, 3.8) is 0 Å². The molecule has 8 nitrogen and oxygen atoms in total. The minimum absolute atomic E-state index is 0.00148. The Balaban J connectivity index is 1.72. The first-order valence-corrected chi connectivity index (χ1v) is 13.5. The van der Waals surface area contributed by atoms with Crippen LogP contribution < -0.4 is 4.74 Å². The van der Waals surface area contributed by atoms with Gasteiger partial charge in [-0.1, -0.05) is 25.1 Å². The molecule has 0 unspecified atom stereocenters. The molecular weight excluding hydrogens is 516 g/mol. The second-order valence-corrected chi connectivity index (χ2v) is 11.5. The van der Waals surface area contributed by atoms with Crippen molar-refractivity contribution in [3.8, 4) is 17.0 Å². The van der Waals surface area contributed by atoms with Crippen molar-refractivity contribution in [2.75, 3.05) is 26.7 Å². The van der Waals surface area contributed by atoms with Crippen molar-refractivity contribution in [2.45, 2.75) is 30.9 Å². The molecule has 1 aliphatic heterocycles. The fourth-order valence-electron chi connectivity index (χ4n) is 4.31. The topological polar surface area (TPSA) is 100 Å². The van der Waals surface area contributed by atoms with E-state index in [-0.39, 0.29) is 42.0 Å². The summed E-state index contributed by atoms with van der Waals surface area (Å²) in [6, 6.07) is 11.6. The molecule has 38 heavy (non-hydrogen) atoms. The predicted molar refractivity (Wildman–Crippen MR) is 137 cm³/mol. The highest BCUT2D eigenvalue weighted by atomic mass is 32.2. The number of aromatic nitrogens is 1. The highest BCUT2D eigenvalue weighted by Gasteiger charge is 2.36. The van der Waals surface area contributed by atoms with E-state index in [1.165, 1.54) is 42.4 Å². The molecular formula is C27H29F2N3O5S. The summed E-state index contributed by atoms with van der Waals surface area (Å²) in [6.45, 7) is 3.28. The number of ether oxygens (including phenoxy) is 1. The fraction of sp³-hybridized carbons (Fsp3) is 0.333. The monoisotopic (exact) mass is 545 g/mol. The van der Waals surface area contributed by atoms with Gasteiger partial charge < -0.3 is 14.7 Å². The molecule has 1 aromatic heterocycles. The Morgan fingerprint density at radius 1 is 1.13 bits per heavy atom. The lowest BCUT2D eigenvalue weighted by molar-refractivity contribution is 0.0373. The first kappa shape index (κ1) is 27.6. The second kappa shape index (κ2) is 11.1. The number of amides is 1. The maximum atomic E-state index is 13.8. The summed E-state index contributed by atoms with van der Waals surface area (Å²) < 4.78 is 61.0. The molecule has 0 aliphatic carbocycles. The van der Waals surface area contributed by atoms with Crippen molar-refractivity contribution >= 4 is 15.9 Å². The van der Waals surface area contributed by atoms with Crippen LogP contribution in [0.25, 0.3) is 11.1 Å². The lowest BCUT2D eigenvalue weighted by atomic mass is 9.99. The van der Waals surface area contributed by atoms with Gasteiger partial charge in [-0.3, -0.25) is 4.79 Å². The summed E-state index contributed by atoms with van der Waals surface area (Å²) in [5.74, 6) is -1.90. The van der Waals surface area contributed by atoms with Crippen LogP contribution in [0.4, 0.5) is 8.78 Å². The average molecular weight is 546 g/mol. The van der Waals surface area contributed by atoms with Gasteiger partial charge in [-0.25, -0.2) is 22.2 Å². The molecule has 1 amide bonds. The number of sulfonamides is 1. The van der Waals surface area contributed by atoms with Crippen molar-refractivity contribution in [2.24, 2.45) is 5.92 Å². The van der Waals surface area contributed by atoms with E-state index >= 15 is 0 Å². The normalized spacial score (nSPS) is 18.9. The standard InChI is InChI=1S/C27H29F2N3O5S/c1-17-14-32(18(2)16-33)27(34)24-11-20(19-6-4-7-21(28)10-19)13-30-26(24)37-25(17)15-31(3)38(35,36)23-9-5-8-22(29)12-23/h4-13,17-18,25,33H,14-16H2,1-3H3/t17-,18+,25+/m0/s1. The number of carbonyl (C=O) groups excluding carboxylic acids is 1. The number of hydrogen-bond donors (Lipinski definition) is 1. The lowest BCUT2D eigenvalue weighted by Crippen LogP contribution is -2.50. The molecule has 0 bridgehead atoms. The van der Waals surface area contributed by atoms with Crippen molar-refractivity contribution in [1.29, 1.82) is 0 Å². The third kappa shape index (κ3) is 5.69. The number of rotatable bonds is 7.